The molecule has 0 bridgehead atoms. The quantitative estimate of drug-likeness (QED) is 0.318. The Hall–Kier alpha value is -2.09. The molecule has 7 heteroatoms. The van der Waals surface area contributed by atoms with Crippen LogP contribution >= 0.6 is 0 Å². The molecule has 7 nitrogen and oxygen atoms in total. The molecular weight excluding hydrogens is 328 g/mol. The van der Waals surface area contributed by atoms with Gasteiger partial charge in [0.25, 0.3) is 0 Å². The molecule has 136 valence electrons. The number of ether oxygens (including phenoxy) is 2. The third kappa shape index (κ3) is 3.95. The van der Waals surface area contributed by atoms with Crippen LogP contribution in [0.2, 0.25) is 0 Å². The Kier molecular flexibility index (Phi) is 4.99. The van der Waals surface area contributed by atoms with E-state index in [-0.39, 0.29) is 23.2 Å². The molecule has 0 spiro atoms. The highest BCUT2D eigenvalue weighted by atomic mass is 16.6. The van der Waals surface area contributed by atoms with Crippen LogP contribution in [0.15, 0.2) is 24.3 Å². The lowest BCUT2D eigenvalue weighted by molar-refractivity contribution is 0.0332. The molecule has 0 radical (unpaired) electrons. The van der Waals surface area contributed by atoms with Crippen LogP contribution in [0.1, 0.15) is 48.2 Å². The Morgan fingerprint density at radius 3 is 2.68 bits per heavy atom. The van der Waals surface area contributed by atoms with E-state index in [1.54, 1.807) is 13.0 Å². The number of phenolic OH excluding ortho intramolecular Hbond substituents is 2. The van der Waals surface area contributed by atoms with E-state index in [4.69, 9.17) is 9.47 Å². The molecule has 3 rings (SSSR count). The van der Waals surface area contributed by atoms with Crippen molar-refractivity contribution in [2.75, 3.05) is 0 Å². The van der Waals surface area contributed by atoms with Crippen molar-refractivity contribution < 1.29 is 34.7 Å². The van der Waals surface area contributed by atoms with Crippen LogP contribution < -0.4 is 0 Å². The van der Waals surface area contributed by atoms with Crippen LogP contribution in [-0.2, 0) is 9.47 Å². The van der Waals surface area contributed by atoms with E-state index in [0.29, 0.717) is 24.8 Å². The Morgan fingerprint density at radius 1 is 1.16 bits per heavy atom. The largest absolute Gasteiger partial charge is 0.508 e. The molecule has 4 N–H and O–H groups in total. The first-order valence-corrected chi connectivity index (χ1v) is 8.32. The van der Waals surface area contributed by atoms with E-state index in [1.165, 1.54) is 12.1 Å². The minimum atomic E-state index is -0.997. The Bertz CT molecular complexity index is 684. The van der Waals surface area contributed by atoms with E-state index in [9.17, 15) is 25.2 Å². The average molecular weight is 350 g/mol. The molecule has 0 aromatic heterocycles. The summed E-state index contributed by atoms with van der Waals surface area (Å²) in [6, 6.07) is 2.47. The van der Waals surface area contributed by atoms with Gasteiger partial charge in [-0.25, -0.2) is 4.79 Å². The van der Waals surface area contributed by atoms with Crippen LogP contribution in [0.3, 0.4) is 0 Å². The third-order valence-electron chi connectivity index (χ3n) is 4.48. The second-order valence-electron chi connectivity index (χ2n) is 6.54. The normalized spacial score (nSPS) is 34.2. The lowest BCUT2D eigenvalue weighted by atomic mass is 9.98. The van der Waals surface area contributed by atoms with Crippen molar-refractivity contribution in [1.29, 1.82) is 0 Å². The maximum Gasteiger partial charge on any atom is 0.342 e. The van der Waals surface area contributed by atoms with Crippen molar-refractivity contribution in [3.8, 4) is 11.5 Å². The van der Waals surface area contributed by atoms with Crippen molar-refractivity contribution in [1.82, 2.24) is 0 Å². The van der Waals surface area contributed by atoms with Gasteiger partial charge in [0.15, 0.2) is 0 Å². The topological polar surface area (TPSA) is 120 Å². The second-order valence-corrected chi connectivity index (χ2v) is 6.54. The predicted octanol–water partition coefficient (Wildman–Crippen LogP) is 1.54. The van der Waals surface area contributed by atoms with Crippen molar-refractivity contribution in [3.05, 3.63) is 35.4 Å². The molecule has 1 aromatic carbocycles. The maximum absolute atomic E-state index is 12.5. The molecule has 25 heavy (non-hydrogen) atoms. The number of carbonyl (C=O) groups is 1. The van der Waals surface area contributed by atoms with Crippen LogP contribution in [0.25, 0.3) is 0 Å². The minimum Gasteiger partial charge on any atom is -0.508 e. The second kappa shape index (κ2) is 7.03. The number of carbonyl (C=O) groups excluding carboxylic acids is 1. The van der Waals surface area contributed by atoms with E-state index < -0.39 is 30.4 Å². The van der Waals surface area contributed by atoms with Gasteiger partial charge in [-0.2, -0.15) is 0 Å². The molecule has 0 unspecified atom stereocenters. The van der Waals surface area contributed by atoms with Gasteiger partial charge in [0.05, 0.1) is 18.3 Å². The summed E-state index contributed by atoms with van der Waals surface area (Å²) < 4.78 is 10.9. The number of aliphatic hydroxyl groups is 2. The van der Waals surface area contributed by atoms with Gasteiger partial charge in [-0.1, -0.05) is 12.2 Å². The first-order chi connectivity index (χ1) is 11.9. The standard InChI is InChI=1S/C18H22O7/c1-9-3-2-4-12(20)13(21)5-6-15-17(25-15)11-7-10(19)8-14(22)16(11)18(23)24-9/h2,4,7-9,12-13,15,17,19-22H,3,5-6H2,1H3/b4-2+/t9-,12+,13-,15+,17+/m0/s1. The van der Waals surface area contributed by atoms with Crippen molar-refractivity contribution in [2.45, 2.75) is 56.7 Å². The van der Waals surface area contributed by atoms with Gasteiger partial charge in [0.2, 0.25) is 0 Å². The number of aliphatic hydroxyl groups excluding tert-OH is 2. The van der Waals surface area contributed by atoms with Gasteiger partial charge in [0.1, 0.15) is 29.3 Å². The number of rotatable bonds is 0. The number of cyclic esters (lactones) is 1. The number of benzene rings is 1. The summed E-state index contributed by atoms with van der Waals surface area (Å²) in [6.07, 6.45) is 1.13. The minimum absolute atomic E-state index is 0.0150. The van der Waals surface area contributed by atoms with Crippen LogP contribution in [0.5, 0.6) is 11.5 Å². The van der Waals surface area contributed by atoms with Gasteiger partial charge in [0, 0.05) is 18.1 Å². The van der Waals surface area contributed by atoms with E-state index >= 15 is 0 Å². The lowest BCUT2D eigenvalue weighted by Gasteiger charge is -2.17. The summed E-state index contributed by atoms with van der Waals surface area (Å²) in [5.41, 5.74) is 0.348. The van der Waals surface area contributed by atoms with Gasteiger partial charge < -0.3 is 29.9 Å². The van der Waals surface area contributed by atoms with Crippen LogP contribution in [-0.4, -0.2) is 50.8 Å². The fraction of sp³-hybridized carbons (Fsp3) is 0.500. The molecule has 1 aromatic rings. The first-order valence-electron chi connectivity index (χ1n) is 8.32. The average Bonchev–Trinajstić information content (AvgIpc) is 3.30. The highest BCUT2D eigenvalue weighted by Gasteiger charge is 2.43. The monoisotopic (exact) mass is 350 g/mol. The molecule has 1 saturated heterocycles. The number of hydrogen-bond acceptors (Lipinski definition) is 7. The molecule has 2 aliphatic heterocycles. The first kappa shape index (κ1) is 17.7. The molecule has 2 aliphatic rings. The number of esters is 1. The van der Waals surface area contributed by atoms with Gasteiger partial charge in [-0.3, -0.25) is 0 Å². The Labute approximate surface area is 145 Å². The number of hydrogen-bond donors (Lipinski definition) is 4. The smallest absolute Gasteiger partial charge is 0.342 e. The zero-order valence-electron chi connectivity index (χ0n) is 13.8. The third-order valence-corrected chi connectivity index (χ3v) is 4.48. The summed E-state index contributed by atoms with van der Waals surface area (Å²) in [6.45, 7) is 1.68. The molecular formula is C18H22O7. The van der Waals surface area contributed by atoms with E-state index in [1.807, 2.05) is 0 Å². The maximum atomic E-state index is 12.5. The predicted molar refractivity (Wildman–Crippen MR) is 87.3 cm³/mol. The summed E-state index contributed by atoms with van der Waals surface area (Å²) in [5, 5.41) is 39.7. The molecule has 0 aliphatic carbocycles. The van der Waals surface area contributed by atoms with Crippen molar-refractivity contribution in [2.24, 2.45) is 0 Å². The summed E-state index contributed by atoms with van der Waals surface area (Å²) in [5.74, 6) is -1.23. The molecule has 1 fully saturated rings. The Balaban J connectivity index is 1.92. The fourth-order valence-corrected chi connectivity index (χ4v) is 3.05. The fourth-order valence-electron chi connectivity index (χ4n) is 3.05. The van der Waals surface area contributed by atoms with Gasteiger partial charge in [-0.15, -0.1) is 0 Å². The molecule has 5 atom stereocenters. The highest BCUT2D eigenvalue weighted by Crippen LogP contribution is 2.46. The summed E-state index contributed by atoms with van der Waals surface area (Å²) >= 11 is 0. The van der Waals surface area contributed by atoms with Crippen molar-refractivity contribution >= 4 is 5.97 Å². The van der Waals surface area contributed by atoms with E-state index in [2.05, 4.69) is 0 Å². The van der Waals surface area contributed by atoms with Gasteiger partial charge in [-0.05, 0) is 25.8 Å². The number of phenols is 2. The van der Waals surface area contributed by atoms with Gasteiger partial charge >= 0.3 is 5.97 Å². The lowest BCUT2D eigenvalue weighted by Crippen LogP contribution is -2.24. The van der Waals surface area contributed by atoms with Crippen molar-refractivity contribution in [3.63, 3.8) is 0 Å². The SMILES string of the molecule is C[C@H]1C/C=C/[C@@H](O)[C@@H](O)CC[C@H]2O[C@@H]2c2cc(O)cc(O)c2C(=O)O1. The molecule has 0 saturated carbocycles. The summed E-state index contributed by atoms with van der Waals surface area (Å²) in [4.78, 5) is 12.5. The number of epoxide rings is 1. The number of fused-ring (bicyclic) bond motifs is 3. The van der Waals surface area contributed by atoms with Crippen LogP contribution in [0, 0.1) is 0 Å². The summed E-state index contributed by atoms with van der Waals surface area (Å²) in [7, 11) is 0. The number of aromatic hydroxyl groups is 2. The Morgan fingerprint density at radius 2 is 1.92 bits per heavy atom. The van der Waals surface area contributed by atoms with E-state index in [0.717, 1.165) is 6.07 Å². The zero-order valence-corrected chi connectivity index (χ0v) is 13.8. The molecule has 0 amide bonds. The highest BCUT2D eigenvalue weighted by molar-refractivity contribution is 5.95. The van der Waals surface area contributed by atoms with Crippen LogP contribution in [0.4, 0.5) is 0 Å². The zero-order chi connectivity index (χ0) is 18.1. The molecule has 2 heterocycles.